The van der Waals surface area contributed by atoms with Gasteiger partial charge in [-0.3, -0.25) is 0 Å². The lowest BCUT2D eigenvalue weighted by molar-refractivity contribution is 1.20. The van der Waals surface area contributed by atoms with Crippen molar-refractivity contribution in [2.75, 3.05) is 0 Å². The molecule has 0 amide bonds. The second-order valence-electron chi connectivity index (χ2n) is 3.32. The molecule has 0 bridgehead atoms. The van der Waals surface area contributed by atoms with E-state index in [1.165, 1.54) is 5.56 Å². The Bertz CT molecular complexity index is 403. The molecule has 2 nitrogen and oxygen atoms in total. The van der Waals surface area contributed by atoms with Gasteiger partial charge in [0, 0.05) is 11.3 Å². The smallest absolute Gasteiger partial charge is 0.103 e. The van der Waals surface area contributed by atoms with Crippen LogP contribution in [0.15, 0.2) is 29.8 Å². The van der Waals surface area contributed by atoms with Gasteiger partial charge in [-0.05, 0) is 26.0 Å². The fourth-order valence-electron chi connectivity index (χ4n) is 1.48. The average Bonchev–Trinajstić information content (AvgIpc) is 2.22. The lowest BCUT2D eigenvalue weighted by atomic mass is 10.1. The highest BCUT2D eigenvalue weighted by molar-refractivity contribution is 5.96. The van der Waals surface area contributed by atoms with E-state index in [0.717, 1.165) is 22.8 Å². The van der Waals surface area contributed by atoms with Crippen LogP contribution >= 0.6 is 0 Å². The first kappa shape index (κ1) is 11.5. The summed E-state index contributed by atoms with van der Waals surface area (Å²) in [5, 5.41) is 3.12. The Labute approximate surface area is 91.7 Å². The Kier molecular flexibility index (Phi) is 3.67. The zero-order valence-corrected chi connectivity index (χ0v) is 9.89. The van der Waals surface area contributed by atoms with E-state index >= 15 is 0 Å². The predicted molar refractivity (Wildman–Crippen MR) is 67.5 cm³/mol. The van der Waals surface area contributed by atoms with Gasteiger partial charge in [0.05, 0.1) is 5.69 Å². The van der Waals surface area contributed by atoms with Crippen molar-refractivity contribution in [2.45, 2.75) is 27.7 Å². The molecule has 0 saturated carbocycles. The number of rotatable bonds is 0. The third kappa shape index (κ3) is 2.46. The molecule has 1 aliphatic rings. The normalized spacial score (nSPS) is 13.1. The van der Waals surface area contributed by atoms with Crippen molar-refractivity contribution in [2.24, 2.45) is 4.99 Å². The van der Waals surface area contributed by atoms with Crippen LogP contribution in [0.4, 0.5) is 5.69 Å². The minimum absolute atomic E-state index is 0.904. The number of aliphatic imine (C=N–C) groups is 1. The highest BCUT2D eigenvalue weighted by Gasteiger charge is 2.11. The lowest BCUT2D eigenvalue weighted by Crippen LogP contribution is -2.21. The van der Waals surface area contributed by atoms with Gasteiger partial charge in [0.25, 0.3) is 0 Å². The summed E-state index contributed by atoms with van der Waals surface area (Å²) in [4.78, 5) is 4.38. The molecule has 1 heterocycles. The van der Waals surface area contributed by atoms with Crippen LogP contribution in [0.25, 0.3) is 5.70 Å². The number of amidine groups is 1. The Morgan fingerprint density at radius 3 is 2.53 bits per heavy atom. The average molecular weight is 202 g/mol. The van der Waals surface area contributed by atoms with Gasteiger partial charge in [0.2, 0.25) is 0 Å². The first-order chi connectivity index (χ1) is 7.16. The Hall–Kier alpha value is -1.57. The molecule has 2 rings (SSSR count). The molecule has 0 atom stereocenters. The molecular weight excluding hydrogens is 184 g/mol. The Balaban J connectivity index is 0.000000531. The van der Waals surface area contributed by atoms with Gasteiger partial charge in [-0.15, -0.1) is 0 Å². The standard InChI is InChI=1S/C11H12N2.C2H6/c1-7-4-5-11-10(6-7)8(2)12-9(3)13-11;1-2/h4-6H,2H2,1,3H3,(H,12,13);1-2H3. The summed E-state index contributed by atoms with van der Waals surface area (Å²) >= 11 is 0. The fraction of sp³-hybridized carbons (Fsp3) is 0.308. The van der Waals surface area contributed by atoms with E-state index in [9.17, 15) is 0 Å². The van der Waals surface area contributed by atoms with E-state index in [2.05, 4.69) is 35.9 Å². The van der Waals surface area contributed by atoms with Crippen molar-refractivity contribution in [1.29, 1.82) is 0 Å². The fourth-order valence-corrected chi connectivity index (χ4v) is 1.48. The van der Waals surface area contributed by atoms with Gasteiger partial charge in [-0.2, -0.15) is 0 Å². The SMILES string of the molecule is C=C1NC(C)=Nc2ccc(C)cc21.CC. The second kappa shape index (κ2) is 4.78. The number of hydrogen-bond acceptors (Lipinski definition) is 2. The third-order valence-electron chi connectivity index (χ3n) is 2.10. The summed E-state index contributed by atoms with van der Waals surface area (Å²) in [6, 6.07) is 6.19. The quantitative estimate of drug-likeness (QED) is 0.682. The van der Waals surface area contributed by atoms with Gasteiger partial charge < -0.3 is 5.32 Å². The van der Waals surface area contributed by atoms with E-state index in [4.69, 9.17) is 0 Å². The van der Waals surface area contributed by atoms with E-state index in [0.29, 0.717) is 0 Å². The van der Waals surface area contributed by atoms with Crippen LogP contribution in [0.2, 0.25) is 0 Å². The van der Waals surface area contributed by atoms with E-state index in [-0.39, 0.29) is 0 Å². The molecule has 2 heteroatoms. The van der Waals surface area contributed by atoms with Crippen LogP contribution in [0.1, 0.15) is 31.9 Å². The lowest BCUT2D eigenvalue weighted by Gasteiger charge is -2.17. The van der Waals surface area contributed by atoms with Crippen LogP contribution in [-0.2, 0) is 0 Å². The summed E-state index contributed by atoms with van der Waals surface area (Å²) in [5.74, 6) is 0.904. The minimum atomic E-state index is 0.904. The molecule has 0 unspecified atom stereocenters. The van der Waals surface area contributed by atoms with Crippen LogP contribution in [0, 0.1) is 6.92 Å². The molecular formula is C13H18N2. The first-order valence-corrected chi connectivity index (χ1v) is 5.29. The van der Waals surface area contributed by atoms with Crippen molar-refractivity contribution in [1.82, 2.24) is 5.32 Å². The molecule has 1 aromatic rings. The summed E-state index contributed by atoms with van der Waals surface area (Å²) in [6.07, 6.45) is 0. The zero-order chi connectivity index (χ0) is 11.4. The molecule has 80 valence electrons. The van der Waals surface area contributed by atoms with Crippen molar-refractivity contribution in [3.8, 4) is 0 Å². The van der Waals surface area contributed by atoms with Gasteiger partial charge in [-0.25, -0.2) is 4.99 Å². The summed E-state index contributed by atoms with van der Waals surface area (Å²) in [5.41, 5.74) is 4.28. The Morgan fingerprint density at radius 1 is 1.20 bits per heavy atom. The maximum atomic E-state index is 4.38. The second-order valence-corrected chi connectivity index (χ2v) is 3.32. The van der Waals surface area contributed by atoms with Crippen LogP contribution in [0.3, 0.4) is 0 Å². The molecule has 0 radical (unpaired) electrons. The number of fused-ring (bicyclic) bond motifs is 1. The predicted octanol–water partition coefficient (Wildman–Crippen LogP) is 3.65. The summed E-state index contributed by atoms with van der Waals surface area (Å²) in [6.45, 7) is 12.0. The summed E-state index contributed by atoms with van der Waals surface area (Å²) < 4.78 is 0. The van der Waals surface area contributed by atoms with Gasteiger partial charge in [0.15, 0.2) is 0 Å². The van der Waals surface area contributed by atoms with Crippen LogP contribution in [-0.4, -0.2) is 5.84 Å². The largest absolute Gasteiger partial charge is 0.344 e. The minimum Gasteiger partial charge on any atom is -0.344 e. The van der Waals surface area contributed by atoms with Crippen LogP contribution in [0.5, 0.6) is 0 Å². The first-order valence-electron chi connectivity index (χ1n) is 5.29. The number of nitrogens with zero attached hydrogens (tertiary/aromatic N) is 1. The number of benzene rings is 1. The molecule has 1 aromatic carbocycles. The maximum Gasteiger partial charge on any atom is 0.103 e. The molecule has 0 aliphatic carbocycles. The topological polar surface area (TPSA) is 24.4 Å². The zero-order valence-electron chi connectivity index (χ0n) is 9.89. The molecule has 0 saturated heterocycles. The van der Waals surface area contributed by atoms with Crippen molar-refractivity contribution in [3.05, 3.63) is 35.9 Å². The van der Waals surface area contributed by atoms with Crippen molar-refractivity contribution in [3.63, 3.8) is 0 Å². The third-order valence-corrected chi connectivity index (χ3v) is 2.10. The van der Waals surface area contributed by atoms with Gasteiger partial charge in [0.1, 0.15) is 5.84 Å². The highest BCUT2D eigenvalue weighted by Crippen LogP contribution is 2.28. The van der Waals surface area contributed by atoms with Crippen LogP contribution < -0.4 is 5.32 Å². The van der Waals surface area contributed by atoms with Gasteiger partial charge >= 0.3 is 0 Å². The maximum absolute atomic E-state index is 4.38. The number of nitrogens with one attached hydrogen (secondary N) is 1. The number of hydrogen-bond donors (Lipinski definition) is 1. The molecule has 15 heavy (non-hydrogen) atoms. The molecule has 0 aromatic heterocycles. The van der Waals surface area contributed by atoms with Crippen molar-refractivity contribution < 1.29 is 0 Å². The van der Waals surface area contributed by atoms with E-state index < -0.39 is 0 Å². The molecule has 1 N–H and O–H groups in total. The van der Waals surface area contributed by atoms with E-state index in [1.807, 2.05) is 26.8 Å². The van der Waals surface area contributed by atoms with E-state index in [1.54, 1.807) is 0 Å². The van der Waals surface area contributed by atoms with Gasteiger partial charge in [-0.1, -0.05) is 32.1 Å². The molecule has 0 spiro atoms. The monoisotopic (exact) mass is 202 g/mol. The number of aryl methyl sites for hydroxylation is 1. The van der Waals surface area contributed by atoms with Crippen molar-refractivity contribution >= 4 is 17.2 Å². The molecule has 0 fully saturated rings. The molecule has 1 aliphatic heterocycles. The highest BCUT2D eigenvalue weighted by atomic mass is 15.0. The Morgan fingerprint density at radius 2 is 1.87 bits per heavy atom. The summed E-state index contributed by atoms with van der Waals surface area (Å²) in [7, 11) is 0.